The van der Waals surface area contributed by atoms with Crippen molar-refractivity contribution in [1.29, 1.82) is 0 Å². The fourth-order valence-corrected chi connectivity index (χ4v) is 2.50. The number of ether oxygens (including phenoxy) is 1. The number of fused-ring (bicyclic) bond motifs is 1. The first-order valence-corrected chi connectivity index (χ1v) is 6.93. The van der Waals surface area contributed by atoms with Crippen molar-refractivity contribution in [3.05, 3.63) is 53.6 Å². The molecule has 5 nitrogen and oxygen atoms in total. The van der Waals surface area contributed by atoms with E-state index in [0.717, 1.165) is 11.0 Å². The number of benzene rings is 2. The third kappa shape index (κ3) is 2.78. The Morgan fingerprint density at radius 1 is 1.27 bits per heavy atom. The van der Waals surface area contributed by atoms with Crippen LogP contribution in [0, 0.1) is 0 Å². The Labute approximate surface area is 128 Å². The fourth-order valence-electron chi connectivity index (χ4n) is 2.50. The van der Waals surface area contributed by atoms with Crippen LogP contribution < -0.4 is 14.9 Å². The van der Waals surface area contributed by atoms with E-state index in [9.17, 15) is 4.79 Å². The van der Waals surface area contributed by atoms with Gasteiger partial charge in [0.1, 0.15) is 5.75 Å². The van der Waals surface area contributed by atoms with Gasteiger partial charge < -0.3 is 19.2 Å². The van der Waals surface area contributed by atoms with E-state index >= 15 is 0 Å². The second-order valence-electron chi connectivity index (χ2n) is 4.98. The molecule has 0 amide bonds. The molecular formula is C16H15BO5. The SMILES string of the molecule is COc1ccc(CC(=O)O)c2c1OB(c1ccccc1)OC2. The maximum Gasteiger partial charge on any atom is 0.563 e. The minimum atomic E-state index is -0.891. The number of hydrogen-bond acceptors (Lipinski definition) is 4. The van der Waals surface area contributed by atoms with Gasteiger partial charge >= 0.3 is 13.1 Å². The number of carbonyl (C=O) groups is 1. The number of aliphatic carboxylic acids is 1. The van der Waals surface area contributed by atoms with Crippen LogP contribution in [0.1, 0.15) is 11.1 Å². The highest BCUT2D eigenvalue weighted by molar-refractivity contribution is 6.62. The summed E-state index contributed by atoms with van der Waals surface area (Å²) in [5.74, 6) is 0.243. The lowest BCUT2D eigenvalue weighted by atomic mass is 9.77. The van der Waals surface area contributed by atoms with Gasteiger partial charge in [0.25, 0.3) is 0 Å². The van der Waals surface area contributed by atoms with Crippen LogP contribution >= 0.6 is 0 Å². The average molecular weight is 298 g/mol. The lowest BCUT2D eigenvalue weighted by Gasteiger charge is -2.27. The van der Waals surface area contributed by atoms with Crippen LogP contribution in [-0.2, 0) is 22.5 Å². The molecule has 0 fully saturated rings. The van der Waals surface area contributed by atoms with Crippen LogP contribution in [0.3, 0.4) is 0 Å². The molecule has 1 heterocycles. The van der Waals surface area contributed by atoms with E-state index < -0.39 is 13.1 Å². The van der Waals surface area contributed by atoms with Crippen LogP contribution in [0.2, 0.25) is 0 Å². The summed E-state index contributed by atoms with van der Waals surface area (Å²) in [5, 5.41) is 9.01. The zero-order chi connectivity index (χ0) is 15.5. The number of carboxylic acid groups (broad SMARTS) is 1. The molecule has 2 aromatic rings. The summed E-state index contributed by atoms with van der Waals surface area (Å²) in [5.41, 5.74) is 2.31. The van der Waals surface area contributed by atoms with Crippen molar-refractivity contribution in [2.24, 2.45) is 0 Å². The zero-order valence-corrected chi connectivity index (χ0v) is 12.1. The molecule has 112 valence electrons. The summed E-state index contributed by atoms with van der Waals surface area (Å²) in [7, 11) is 1.03. The lowest BCUT2D eigenvalue weighted by molar-refractivity contribution is -0.136. The average Bonchev–Trinajstić information content (AvgIpc) is 2.55. The van der Waals surface area contributed by atoms with Gasteiger partial charge in [-0.15, -0.1) is 0 Å². The Balaban J connectivity index is 1.97. The summed E-state index contributed by atoms with van der Waals surface area (Å²) in [6.45, 7) is 0.286. The van der Waals surface area contributed by atoms with Crippen molar-refractivity contribution >= 4 is 18.6 Å². The fraction of sp³-hybridized carbons (Fsp3) is 0.188. The van der Waals surface area contributed by atoms with Crippen molar-refractivity contribution in [3.8, 4) is 11.5 Å². The van der Waals surface area contributed by atoms with Crippen LogP contribution in [0.15, 0.2) is 42.5 Å². The van der Waals surface area contributed by atoms with Crippen LogP contribution in [0.4, 0.5) is 0 Å². The van der Waals surface area contributed by atoms with Crippen molar-refractivity contribution in [1.82, 2.24) is 0 Å². The molecule has 1 N–H and O–H groups in total. The van der Waals surface area contributed by atoms with Crippen LogP contribution in [0.25, 0.3) is 0 Å². The van der Waals surface area contributed by atoms with E-state index in [1.807, 2.05) is 30.3 Å². The smallest absolute Gasteiger partial charge is 0.529 e. The third-order valence-electron chi connectivity index (χ3n) is 3.56. The Morgan fingerprint density at radius 2 is 2.05 bits per heavy atom. The molecule has 0 unspecified atom stereocenters. The Kier molecular flexibility index (Phi) is 4.02. The summed E-state index contributed by atoms with van der Waals surface area (Å²) < 4.78 is 17.0. The van der Waals surface area contributed by atoms with Crippen molar-refractivity contribution in [2.45, 2.75) is 13.0 Å². The first-order chi connectivity index (χ1) is 10.7. The lowest BCUT2D eigenvalue weighted by Crippen LogP contribution is -2.42. The van der Waals surface area contributed by atoms with Gasteiger partial charge in [-0.25, -0.2) is 0 Å². The summed E-state index contributed by atoms with van der Waals surface area (Å²) in [6, 6.07) is 13.1. The molecule has 0 radical (unpaired) electrons. The van der Waals surface area contributed by atoms with Crippen molar-refractivity contribution in [2.75, 3.05) is 7.11 Å². The number of carboxylic acids is 1. The first-order valence-electron chi connectivity index (χ1n) is 6.93. The molecule has 0 saturated heterocycles. The van der Waals surface area contributed by atoms with Gasteiger partial charge in [-0.2, -0.15) is 0 Å². The molecule has 2 aromatic carbocycles. The molecule has 22 heavy (non-hydrogen) atoms. The Morgan fingerprint density at radius 3 is 2.73 bits per heavy atom. The summed E-state index contributed by atoms with van der Waals surface area (Å²) >= 11 is 0. The highest BCUT2D eigenvalue weighted by Gasteiger charge is 2.32. The number of rotatable bonds is 4. The predicted molar refractivity (Wildman–Crippen MR) is 81.6 cm³/mol. The second kappa shape index (κ2) is 6.11. The standard InChI is InChI=1S/C16H15BO5/c1-20-14-8-7-11(9-15(18)19)13-10-21-17(22-16(13)14)12-5-3-2-4-6-12/h2-8H,9-10H2,1H3,(H,18,19). The highest BCUT2D eigenvalue weighted by Crippen LogP contribution is 2.37. The van der Waals surface area contributed by atoms with E-state index in [1.165, 1.54) is 0 Å². The third-order valence-corrected chi connectivity index (χ3v) is 3.56. The first kappa shape index (κ1) is 14.5. The topological polar surface area (TPSA) is 65.0 Å². The van der Waals surface area contributed by atoms with E-state index in [0.29, 0.717) is 17.1 Å². The van der Waals surface area contributed by atoms with E-state index in [2.05, 4.69) is 0 Å². The molecule has 6 heteroatoms. The molecule has 0 spiro atoms. The molecule has 0 aliphatic carbocycles. The van der Waals surface area contributed by atoms with Gasteiger partial charge in [0.2, 0.25) is 0 Å². The number of hydrogen-bond donors (Lipinski definition) is 1. The van der Waals surface area contributed by atoms with Gasteiger partial charge in [0.05, 0.1) is 20.1 Å². The van der Waals surface area contributed by atoms with Gasteiger partial charge in [0.15, 0.2) is 5.75 Å². The Hall–Kier alpha value is -2.47. The Bertz CT molecular complexity index is 686. The maximum absolute atomic E-state index is 11.0. The molecule has 3 rings (SSSR count). The second-order valence-corrected chi connectivity index (χ2v) is 4.98. The van der Waals surface area contributed by atoms with E-state index in [4.69, 9.17) is 19.2 Å². The molecule has 1 aliphatic heterocycles. The minimum absolute atomic E-state index is 0.0744. The highest BCUT2D eigenvalue weighted by atomic mass is 16.6. The molecule has 1 aliphatic rings. The van der Waals surface area contributed by atoms with Gasteiger partial charge in [-0.3, -0.25) is 4.79 Å². The van der Waals surface area contributed by atoms with Crippen LogP contribution in [-0.4, -0.2) is 25.3 Å². The quantitative estimate of drug-likeness (QED) is 0.869. The van der Waals surface area contributed by atoms with Crippen molar-refractivity contribution in [3.63, 3.8) is 0 Å². The summed E-state index contributed by atoms with van der Waals surface area (Å²) in [6.07, 6.45) is -0.0744. The zero-order valence-electron chi connectivity index (χ0n) is 12.1. The molecule has 0 saturated carbocycles. The van der Waals surface area contributed by atoms with E-state index in [-0.39, 0.29) is 13.0 Å². The minimum Gasteiger partial charge on any atom is -0.529 e. The van der Waals surface area contributed by atoms with E-state index in [1.54, 1.807) is 19.2 Å². The van der Waals surface area contributed by atoms with Crippen LogP contribution in [0.5, 0.6) is 11.5 Å². The predicted octanol–water partition coefficient (Wildman–Crippen LogP) is 1.63. The maximum atomic E-state index is 11.0. The monoisotopic (exact) mass is 298 g/mol. The number of methoxy groups -OCH3 is 1. The molecular weight excluding hydrogens is 283 g/mol. The molecule has 0 atom stereocenters. The largest absolute Gasteiger partial charge is 0.563 e. The van der Waals surface area contributed by atoms with Gasteiger partial charge in [-0.1, -0.05) is 36.4 Å². The van der Waals surface area contributed by atoms with Gasteiger partial charge in [-0.05, 0) is 17.1 Å². The summed E-state index contributed by atoms with van der Waals surface area (Å²) in [4.78, 5) is 11.0. The molecule has 0 bridgehead atoms. The van der Waals surface area contributed by atoms with Crippen molar-refractivity contribution < 1.29 is 23.9 Å². The normalized spacial score (nSPS) is 13.2. The molecule has 0 aromatic heterocycles. The van der Waals surface area contributed by atoms with Gasteiger partial charge in [0, 0.05) is 5.56 Å².